The second-order valence-corrected chi connectivity index (χ2v) is 5.30. The maximum Gasteiger partial charge on any atom is 0.110 e. The molecule has 0 aromatic heterocycles. The fraction of sp³-hybridized carbons (Fsp3) is 0.571. The number of piperidine rings is 1. The van der Waals surface area contributed by atoms with Crippen LogP contribution in [0.15, 0.2) is 29.4 Å². The zero-order valence-corrected chi connectivity index (χ0v) is 11.2. The van der Waals surface area contributed by atoms with Crippen LogP contribution in [0.2, 0.25) is 0 Å². The van der Waals surface area contributed by atoms with Gasteiger partial charge in [-0.2, -0.15) is 0 Å². The third-order valence-corrected chi connectivity index (χ3v) is 3.54. The molecule has 1 aliphatic rings. The van der Waals surface area contributed by atoms with Gasteiger partial charge >= 0.3 is 0 Å². The summed E-state index contributed by atoms with van der Waals surface area (Å²) < 4.78 is 0. The van der Waals surface area contributed by atoms with Crippen molar-refractivity contribution in [1.82, 2.24) is 4.90 Å². The lowest BCUT2D eigenvalue weighted by atomic mass is 9.96. The highest BCUT2D eigenvalue weighted by atomic mass is 16.3. The maximum atomic E-state index is 10.5. The summed E-state index contributed by atoms with van der Waals surface area (Å²) in [5, 5.41) is 3.00. The molecule has 2 rings (SSSR count). The van der Waals surface area contributed by atoms with Gasteiger partial charge < -0.3 is 9.80 Å². The Balaban J connectivity index is 1.94. The summed E-state index contributed by atoms with van der Waals surface area (Å²) in [4.78, 5) is 15.2. The van der Waals surface area contributed by atoms with Crippen molar-refractivity contribution in [2.45, 2.75) is 12.8 Å². The number of nitroso groups, excluding NO2 is 1. The van der Waals surface area contributed by atoms with Crippen LogP contribution in [-0.2, 0) is 0 Å². The Labute approximate surface area is 109 Å². The number of anilines is 1. The zero-order chi connectivity index (χ0) is 13.0. The first-order valence-corrected chi connectivity index (χ1v) is 6.52. The van der Waals surface area contributed by atoms with Crippen molar-refractivity contribution < 1.29 is 0 Å². The Morgan fingerprint density at radius 1 is 1.33 bits per heavy atom. The molecule has 0 unspecified atom stereocenters. The smallest absolute Gasteiger partial charge is 0.110 e. The Bertz CT molecular complexity index is 398. The molecule has 4 nitrogen and oxygen atoms in total. The van der Waals surface area contributed by atoms with Crippen molar-refractivity contribution in [2.24, 2.45) is 11.1 Å². The molecule has 0 bridgehead atoms. The normalized spacial score (nSPS) is 17.2. The molecule has 0 radical (unpaired) electrons. The Morgan fingerprint density at radius 2 is 2.06 bits per heavy atom. The highest BCUT2D eigenvalue weighted by molar-refractivity contribution is 5.55. The molecule has 1 aromatic rings. The van der Waals surface area contributed by atoms with Crippen molar-refractivity contribution >= 4 is 11.4 Å². The van der Waals surface area contributed by atoms with Crippen LogP contribution in [0.5, 0.6) is 0 Å². The molecular formula is C14H21N3O. The van der Waals surface area contributed by atoms with Gasteiger partial charge in [0.1, 0.15) is 5.69 Å². The van der Waals surface area contributed by atoms with E-state index in [1.807, 2.05) is 12.1 Å². The topological polar surface area (TPSA) is 35.9 Å². The highest BCUT2D eigenvalue weighted by Gasteiger charge is 2.19. The molecule has 0 atom stereocenters. The molecule has 98 valence electrons. The first kappa shape index (κ1) is 13.0. The lowest BCUT2D eigenvalue weighted by Crippen LogP contribution is -2.37. The predicted octanol–water partition coefficient (Wildman–Crippen LogP) is 2.86. The van der Waals surface area contributed by atoms with E-state index < -0.39 is 0 Å². The van der Waals surface area contributed by atoms with Crippen LogP contribution < -0.4 is 4.90 Å². The molecule has 0 spiro atoms. The van der Waals surface area contributed by atoms with Gasteiger partial charge in [-0.05, 0) is 56.2 Å². The maximum absolute atomic E-state index is 10.5. The molecule has 1 aliphatic heterocycles. The van der Waals surface area contributed by atoms with Gasteiger partial charge in [-0.3, -0.25) is 0 Å². The highest BCUT2D eigenvalue weighted by Crippen LogP contribution is 2.26. The SMILES string of the molecule is CN(C)CC1CCN(c2cccc(N=O)c2)CC1. The van der Waals surface area contributed by atoms with E-state index in [0.29, 0.717) is 5.69 Å². The number of benzene rings is 1. The molecule has 0 amide bonds. The van der Waals surface area contributed by atoms with E-state index in [1.165, 1.54) is 19.4 Å². The van der Waals surface area contributed by atoms with Gasteiger partial charge in [0.2, 0.25) is 0 Å². The van der Waals surface area contributed by atoms with Gasteiger partial charge in [-0.15, -0.1) is 4.91 Å². The Kier molecular flexibility index (Phi) is 4.31. The molecule has 0 aliphatic carbocycles. The van der Waals surface area contributed by atoms with E-state index in [9.17, 15) is 4.91 Å². The van der Waals surface area contributed by atoms with Crippen LogP contribution in [0.1, 0.15) is 12.8 Å². The predicted molar refractivity (Wildman–Crippen MR) is 75.4 cm³/mol. The van der Waals surface area contributed by atoms with E-state index in [4.69, 9.17) is 0 Å². The van der Waals surface area contributed by atoms with Crippen LogP contribution in [0.25, 0.3) is 0 Å². The van der Waals surface area contributed by atoms with Crippen molar-refractivity contribution in [1.29, 1.82) is 0 Å². The number of hydrogen-bond acceptors (Lipinski definition) is 4. The van der Waals surface area contributed by atoms with Crippen LogP contribution in [0.4, 0.5) is 11.4 Å². The minimum Gasteiger partial charge on any atom is -0.371 e. The van der Waals surface area contributed by atoms with E-state index in [1.54, 1.807) is 6.07 Å². The molecule has 0 N–H and O–H groups in total. The second-order valence-electron chi connectivity index (χ2n) is 5.30. The third-order valence-electron chi connectivity index (χ3n) is 3.54. The quantitative estimate of drug-likeness (QED) is 0.768. The van der Waals surface area contributed by atoms with Crippen LogP contribution >= 0.6 is 0 Å². The minimum absolute atomic E-state index is 0.517. The summed E-state index contributed by atoms with van der Waals surface area (Å²) in [5.41, 5.74) is 1.64. The summed E-state index contributed by atoms with van der Waals surface area (Å²) in [6, 6.07) is 7.58. The summed E-state index contributed by atoms with van der Waals surface area (Å²) in [6.45, 7) is 3.31. The zero-order valence-electron chi connectivity index (χ0n) is 11.2. The second kappa shape index (κ2) is 5.96. The van der Waals surface area contributed by atoms with E-state index in [-0.39, 0.29) is 0 Å². The Hall–Kier alpha value is -1.42. The third kappa shape index (κ3) is 3.29. The monoisotopic (exact) mass is 247 g/mol. The van der Waals surface area contributed by atoms with Gasteiger partial charge in [0.15, 0.2) is 0 Å². The molecule has 0 saturated carbocycles. The van der Waals surface area contributed by atoms with Gasteiger partial charge in [0, 0.05) is 25.3 Å². The van der Waals surface area contributed by atoms with Crippen LogP contribution in [0.3, 0.4) is 0 Å². The van der Waals surface area contributed by atoms with Gasteiger partial charge in [0.25, 0.3) is 0 Å². The molecule has 18 heavy (non-hydrogen) atoms. The fourth-order valence-corrected chi connectivity index (χ4v) is 2.64. The first-order valence-electron chi connectivity index (χ1n) is 6.52. The molecular weight excluding hydrogens is 226 g/mol. The summed E-state index contributed by atoms with van der Waals surface area (Å²) in [6.07, 6.45) is 2.44. The van der Waals surface area contributed by atoms with Crippen molar-refractivity contribution in [3.63, 3.8) is 0 Å². The van der Waals surface area contributed by atoms with Crippen LogP contribution in [-0.4, -0.2) is 38.6 Å². The number of hydrogen-bond donors (Lipinski definition) is 0. The van der Waals surface area contributed by atoms with Gasteiger partial charge in [-0.1, -0.05) is 6.07 Å². The molecule has 1 saturated heterocycles. The first-order chi connectivity index (χ1) is 8.69. The Morgan fingerprint density at radius 3 is 2.67 bits per heavy atom. The number of rotatable bonds is 4. The van der Waals surface area contributed by atoms with E-state index >= 15 is 0 Å². The molecule has 4 heteroatoms. The van der Waals surface area contributed by atoms with E-state index in [0.717, 1.165) is 24.7 Å². The standard InChI is InChI=1S/C14H21N3O/c1-16(2)11-12-6-8-17(9-7-12)14-5-3-4-13(10-14)15-18/h3-5,10,12H,6-9,11H2,1-2H3. The average molecular weight is 247 g/mol. The van der Waals surface area contributed by atoms with Gasteiger partial charge in [0.05, 0.1) is 0 Å². The summed E-state index contributed by atoms with van der Waals surface area (Å²) >= 11 is 0. The summed E-state index contributed by atoms with van der Waals surface area (Å²) in [5.74, 6) is 0.795. The molecule has 1 aromatic carbocycles. The minimum atomic E-state index is 0.517. The average Bonchev–Trinajstić information content (AvgIpc) is 2.39. The lowest BCUT2D eigenvalue weighted by Gasteiger charge is -2.34. The van der Waals surface area contributed by atoms with E-state index in [2.05, 4.69) is 35.1 Å². The molecule has 1 heterocycles. The van der Waals surface area contributed by atoms with Gasteiger partial charge in [-0.25, -0.2) is 0 Å². The number of nitrogens with zero attached hydrogens (tertiary/aromatic N) is 3. The largest absolute Gasteiger partial charge is 0.371 e. The summed E-state index contributed by atoms with van der Waals surface area (Å²) in [7, 11) is 4.26. The van der Waals surface area contributed by atoms with Crippen molar-refractivity contribution in [3.8, 4) is 0 Å². The molecule has 1 fully saturated rings. The van der Waals surface area contributed by atoms with Crippen molar-refractivity contribution in [3.05, 3.63) is 29.2 Å². The fourth-order valence-electron chi connectivity index (χ4n) is 2.64. The lowest BCUT2D eigenvalue weighted by molar-refractivity contribution is 0.285. The van der Waals surface area contributed by atoms with Crippen LogP contribution in [0, 0.1) is 10.8 Å². The van der Waals surface area contributed by atoms with Crippen molar-refractivity contribution in [2.75, 3.05) is 38.6 Å².